The molecule has 1 aromatic rings. The molecule has 0 aromatic heterocycles. The average molecular weight is 260 g/mol. The summed E-state index contributed by atoms with van der Waals surface area (Å²) in [5.74, 6) is 0.692. The second kappa shape index (κ2) is 6.51. The molecule has 0 radical (unpaired) electrons. The summed E-state index contributed by atoms with van der Waals surface area (Å²) in [6.07, 6.45) is 3.69. The third kappa shape index (κ3) is 3.35. The molecule has 104 valence electrons. The van der Waals surface area contributed by atoms with Gasteiger partial charge in [0, 0.05) is 25.7 Å². The van der Waals surface area contributed by atoms with E-state index in [2.05, 4.69) is 34.9 Å². The minimum absolute atomic E-state index is 0.494. The first-order valence-corrected chi connectivity index (χ1v) is 7.53. The Balaban J connectivity index is 1.63. The van der Waals surface area contributed by atoms with Crippen LogP contribution < -0.4 is 10.6 Å². The maximum absolute atomic E-state index is 5.56. The highest BCUT2D eigenvalue weighted by Gasteiger charge is 2.20. The lowest BCUT2D eigenvalue weighted by Gasteiger charge is -2.26. The SMILES string of the molecule is c1ccc2c(c1)CNCCC2NCC1CCCOC1. The summed E-state index contributed by atoms with van der Waals surface area (Å²) >= 11 is 0. The van der Waals surface area contributed by atoms with Crippen LogP contribution >= 0.6 is 0 Å². The van der Waals surface area contributed by atoms with E-state index in [1.807, 2.05) is 0 Å². The van der Waals surface area contributed by atoms with Crippen molar-refractivity contribution in [3.05, 3.63) is 35.4 Å². The zero-order chi connectivity index (χ0) is 12.9. The van der Waals surface area contributed by atoms with Crippen molar-refractivity contribution in [3.63, 3.8) is 0 Å². The Bertz CT molecular complexity index is 401. The maximum atomic E-state index is 5.56. The molecule has 0 saturated carbocycles. The number of hydrogen-bond donors (Lipinski definition) is 2. The summed E-state index contributed by atoms with van der Waals surface area (Å²) in [7, 11) is 0. The normalized spacial score (nSPS) is 27.6. The highest BCUT2D eigenvalue weighted by atomic mass is 16.5. The molecule has 1 saturated heterocycles. The van der Waals surface area contributed by atoms with Crippen molar-refractivity contribution in [2.24, 2.45) is 5.92 Å². The summed E-state index contributed by atoms with van der Waals surface area (Å²) in [5.41, 5.74) is 2.92. The van der Waals surface area contributed by atoms with Gasteiger partial charge in [0.1, 0.15) is 0 Å². The number of ether oxygens (including phenoxy) is 1. The molecule has 3 nitrogen and oxygen atoms in total. The second-order valence-corrected chi connectivity index (χ2v) is 5.71. The molecular weight excluding hydrogens is 236 g/mol. The van der Waals surface area contributed by atoms with E-state index in [0.29, 0.717) is 12.0 Å². The smallest absolute Gasteiger partial charge is 0.0506 e. The highest BCUT2D eigenvalue weighted by molar-refractivity contribution is 5.30. The van der Waals surface area contributed by atoms with E-state index < -0.39 is 0 Å². The Morgan fingerprint density at radius 1 is 1.26 bits per heavy atom. The molecule has 2 heterocycles. The van der Waals surface area contributed by atoms with Gasteiger partial charge in [-0.3, -0.25) is 0 Å². The van der Waals surface area contributed by atoms with E-state index >= 15 is 0 Å². The van der Waals surface area contributed by atoms with Gasteiger partial charge < -0.3 is 15.4 Å². The first-order valence-electron chi connectivity index (χ1n) is 7.53. The van der Waals surface area contributed by atoms with Gasteiger partial charge in [-0.05, 0) is 42.9 Å². The molecule has 0 amide bonds. The van der Waals surface area contributed by atoms with Gasteiger partial charge in [-0.15, -0.1) is 0 Å². The fourth-order valence-corrected chi connectivity index (χ4v) is 3.15. The summed E-state index contributed by atoms with van der Waals surface area (Å²) in [6.45, 7) is 5.06. The van der Waals surface area contributed by atoms with Gasteiger partial charge in [-0.2, -0.15) is 0 Å². The molecule has 1 fully saturated rings. The van der Waals surface area contributed by atoms with Gasteiger partial charge >= 0.3 is 0 Å². The molecule has 2 aliphatic heterocycles. The van der Waals surface area contributed by atoms with Gasteiger partial charge in [-0.25, -0.2) is 0 Å². The molecule has 1 aromatic carbocycles. The number of rotatable bonds is 3. The number of fused-ring (bicyclic) bond motifs is 1. The van der Waals surface area contributed by atoms with Crippen LogP contribution in [0.25, 0.3) is 0 Å². The number of nitrogens with one attached hydrogen (secondary N) is 2. The van der Waals surface area contributed by atoms with Crippen LogP contribution in [0.3, 0.4) is 0 Å². The summed E-state index contributed by atoms with van der Waals surface area (Å²) < 4.78 is 5.56. The van der Waals surface area contributed by atoms with Crippen molar-refractivity contribution >= 4 is 0 Å². The number of benzene rings is 1. The quantitative estimate of drug-likeness (QED) is 0.874. The van der Waals surface area contributed by atoms with Gasteiger partial charge in [0.2, 0.25) is 0 Å². The lowest BCUT2D eigenvalue weighted by molar-refractivity contribution is 0.0537. The van der Waals surface area contributed by atoms with Crippen LogP contribution in [0.1, 0.15) is 36.4 Å². The zero-order valence-electron chi connectivity index (χ0n) is 11.5. The predicted octanol–water partition coefficient (Wildman–Crippen LogP) is 2.24. The van der Waals surface area contributed by atoms with Crippen molar-refractivity contribution in [3.8, 4) is 0 Å². The summed E-state index contributed by atoms with van der Waals surface area (Å²) in [6, 6.07) is 9.30. The monoisotopic (exact) mass is 260 g/mol. The third-order valence-corrected chi connectivity index (χ3v) is 4.26. The van der Waals surface area contributed by atoms with Crippen LogP contribution in [0, 0.1) is 5.92 Å². The first-order chi connectivity index (χ1) is 9.43. The molecule has 0 spiro atoms. The lowest BCUT2D eigenvalue weighted by Crippen LogP contribution is -2.32. The Hall–Kier alpha value is -0.900. The Kier molecular flexibility index (Phi) is 4.49. The molecule has 19 heavy (non-hydrogen) atoms. The minimum Gasteiger partial charge on any atom is -0.381 e. The minimum atomic E-state index is 0.494. The molecule has 3 rings (SSSR count). The van der Waals surface area contributed by atoms with E-state index in [1.54, 1.807) is 0 Å². The van der Waals surface area contributed by atoms with Crippen molar-refractivity contribution in [2.75, 3.05) is 26.3 Å². The molecule has 2 atom stereocenters. The summed E-state index contributed by atoms with van der Waals surface area (Å²) in [4.78, 5) is 0. The largest absolute Gasteiger partial charge is 0.381 e. The van der Waals surface area contributed by atoms with Gasteiger partial charge in [0.05, 0.1) is 6.61 Å². The van der Waals surface area contributed by atoms with Gasteiger partial charge in [-0.1, -0.05) is 24.3 Å². The fraction of sp³-hybridized carbons (Fsp3) is 0.625. The number of hydrogen-bond acceptors (Lipinski definition) is 3. The van der Waals surface area contributed by atoms with Crippen molar-refractivity contribution in [1.82, 2.24) is 10.6 Å². The van der Waals surface area contributed by atoms with Crippen molar-refractivity contribution < 1.29 is 4.74 Å². The average Bonchev–Trinajstić information content (AvgIpc) is 2.68. The van der Waals surface area contributed by atoms with Crippen LogP contribution in [-0.2, 0) is 11.3 Å². The van der Waals surface area contributed by atoms with Crippen molar-refractivity contribution in [2.45, 2.75) is 31.8 Å². The van der Waals surface area contributed by atoms with Crippen molar-refractivity contribution in [1.29, 1.82) is 0 Å². The third-order valence-electron chi connectivity index (χ3n) is 4.26. The van der Waals surface area contributed by atoms with Crippen LogP contribution in [-0.4, -0.2) is 26.3 Å². The zero-order valence-corrected chi connectivity index (χ0v) is 11.5. The Morgan fingerprint density at radius 3 is 3.11 bits per heavy atom. The molecule has 3 heteroatoms. The first kappa shape index (κ1) is 13.1. The molecule has 2 unspecified atom stereocenters. The molecular formula is C16H24N2O. The van der Waals surface area contributed by atoms with Gasteiger partial charge in [0.25, 0.3) is 0 Å². The van der Waals surface area contributed by atoms with Crippen LogP contribution in [0.5, 0.6) is 0 Å². The fourth-order valence-electron chi connectivity index (χ4n) is 3.15. The molecule has 0 aliphatic carbocycles. The topological polar surface area (TPSA) is 33.3 Å². The standard InChI is InChI=1S/C16H24N2O/c1-2-6-15-14(5-1)11-17-8-7-16(15)18-10-13-4-3-9-19-12-13/h1-2,5-6,13,16-18H,3-4,7-12H2. The summed E-state index contributed by atoms with van der Waals surface area (Å²) in [5, 5.41) is 7.27. The molecule has 2 aliphatic rings. The highest BCUT2D eigenvalue weighted by Crippen LogP contribution is 2.24. The molecule has 2 N–H and O–H groups in total. The van der Waals surface area contributed by atoms with Crippen LogP contribution in [0.4, 0.5) is 0 Å². The van der Waals surface area contributed by atoms with E-state index in [1.165, 1.54) is 30.4 Å². The van der Waals surface area contributed by atoms with E-state index in [-0.39, 0.29) is 0 Å². The van der Waals surface area contributed by atoms with Crippen LogP contribution in [0.15, 0.2) is 24.3 Å². The molecule has 0 bridgehead atoms. The van der Waals surface area contributed by atoms with E-state index in [9.17, 15) is 0 Å². The van der Waals surface area contributed by atoms with E-state index in [4.69, 9.17) is 4.74 Å². The van der Waals surface area contributed by atoms with Gasteiger partial charge in [0.15, 0.2) is 0 Å². The predicted molar refractivity (Wildman–Crippen MR) is 77.1 cm³/mol. The Labute approximate surface area is 115 Å². The Morgan fingerprint density at radius 2 is 2.21 bits per heavy atom. The van der Waals surface area contributed by atoms with E-state index in [0.717, 1.165) is 32.8 Å². The maximum Gasteiger partial charge on any atom is 0.0506 e. The lowest BCUT2D eigenvalue weighted by atomic mass is 9.97. The second-order valence-electron chi connectivity index (χ2n) is 5.71. The van der Waals surface area contributed by atoms with Crippen LogP contribution in [0.2, 0.25) is 0 Å².